The third-order valence-corrected chi connectivity index (χ3v) is 4.04. The van der Waals surface area contributed by atoms with Gasteiger partial charge in [-0.1, -0.05) is 6.07 Å². The first-order valence-corrected chi connectivity index (χ1v) is 7.08. The molecule has 1 aromatic heterocycles. The molecule has 0 amide bonds. The first-order chi connectivity index (χ1) is 8.11. The summed E-state index contributed by atoms with van der Waals surface area (Å²) in [5, 5.41) is 5.62. The van der Waals surface area contributed by atoms with E-state index in [2.05, 4.69) is 60.7 Å². The lowest BCUT2D eigenvalue weighted by Gasteiger charge is -2.24. The zero-order valence-corrected chi connectivity index (χ0v) is 12.3. The Hall–Kier alpha value is -0.420. The van der Waals surface area contributed by atoms with Gasteiger partial charge in [-0.2, -0.15) is 0 Å². The molecule has 1 rings (SSSR count). The van der Waals surface area contributed by atoms with E-state index in [0.717, 1.165) is 26.2 Å². The molecule has 0 aliphatic rings. The number of thiophene rings is 1. The summed E-state index contributed by atoms with van der Waals surface area (Å²) in [7, 11) is 6.40. The fourth-order valence-corrected chi connectivity index (χ4v) is 2.47. The van der Waals surface area contributed by atoms with Gasteiger partial charge in [0.2, 0.25) is 0 Å². The maximum absolute atomic E-state index is 3.47. The Kier molecular flexibility index (Phi) is 6.73. The van der Waals surface area contributed by atoms with Gasteiger partial charge >= 0.3 is 0 Å². The molecule has 0 aliphatic carbocycles. The van der Waals surface area contributed by atoms with E-state index in [1.165, 1.54) is 4.88 Å². The zero-order valence-electron chi connectivity index (χ0n) is 11.4. The highest BCUT2D eigenvalue weighted by Crippen LogP contribution is 2.22. The van der Waals surface area contributed by atoms with Crippen LogP contribution in [0.2, 0.25) is 0 Å². The normalized spacial score (nSPS) is 13.5. The molecule has 1 heterocycles. The quantitative estimate of drug-likeness (QED) is 0.716. The zero-order chi connectivity index (χ0) is 12.7. The number of nitrogens with zero attached hydrogens (tertiary/aromatic N) is 2. The molecule has 4 heteroatoms. The topological polar surface area (TPSA) is 18.5 Å². The molecule has 98 valence electrons. The highest BCUT2D eigenvalue weighted by Gasteiger charge is 2.11. The summed E-state index contributed by atoms with van der Waals surface area (Å²) in [6, 6.07) is 4.86. The minimum atomic E-state index is 0.519. The second kappa shape index (κ2) is 7.82. The second-order valence-corrected chi connectivity index (χ2v) is 5.70. The van der Waals surface area contributed by atoms with Crippen LogP contribution in [0.25, 0.3) is 0 Å². The Morgan fingerprint density at radius 2 is 1.94 bits per heavy atom. The van der Waals surface area contributed by atoms with Crippen LogP contribution in [0.1, 0.15) is 17.8 Å². The van der Waals surface area contributed by atoms with E-state index in [4.69, 9.17) is 0 Å². The standard InChI is InChI=1S/C13H25N3S/c1-12(13-6-5-11-17-13)16(4)10-8-14-7-9-15(2)3/h5-6,11-12,14H,7-10H2,1-4H3. The lowest BCUT2D eigenvalue weighted by Crippen LogP contribution is -2.34. The largest absolute Gasteiger partial charge is 0.314 e. The van der Waals surface area contributed by atoms with Crippen LogP contribution in [0.5, 0.6) is 0 Å². The molecule has 1 atom stereocenters. The highest BCUT2D eigenvalue weighted by molar-refractivity contribution is 7.10. The van der Waals surface area contributed by atoms with Crippen LogP contribution in [0.3, 0.4) is 0 Å². The Bertz CT molecular complexity index is 285. The van der Waals surface area contributed by atoms with Crippen molar-refractivity contribution in [2.75, 3.05) is 47.3 Å². The van der Waals surface area contributed by atoms with Gasteiger partial charge in [0.1, 0.15) is 0 Å². The monoisotopic (exact) mass is 255 g/mol. The second-order valence-electron chi connectivity index (χ2n) is 4.73. The average molecular weight is 255 g/mol. The average Bonchev–Trinajstić information content (AvgIpc) is 2.80. The third-order valence-electron chi connectivity index (χ3n) is 2.99. The molecule has 17 heavy (non-hydrogen) atoms. The summed E-state index contributed by atoms with van der Waals surface area (Å²) < 4.78 is 0. The molecule has 0 saturated heterocycles. The molecule has 0 fully saturated rings. The van der Waals surface area contributed by atoms with Crippen molar-refractivity contribution in [3.05, 3.63) is 22.4 Å². The molecule has 3 nitrogen and oxygen atoms in total. The number of hydrogen-bond acceptors (Lipinski definition) is 4. The van der Waals surface area contributed by atoms with Gasteiger partial charge in [0, 0.05) is 37.1 Å². The number of hydrogen-bond donors (Lipinski definition) is 1. The Balaban J connectivity index is 2.14. The van der Waals surface area contributed by atoms with Crippen LogP contribution >= 0.6 is 11.3 Å². The molecule has 0 aromatic carbocycles. The lowest BCUT2D eigenvalue weighted by atomic mass is 10.2. The van der Waals surface area contributed by atoms with Crippen molar-refractivity contribution in [3.8, 4) is 0 Å². The minimum Gasteiger partial charge on any atom is -0.314 e. The lowest BCUT2D eigenvalue weighted by molar-refractivity contribution is 0.263. The number of rotatable bonds is 8. The first kappa shape index (κ1) is 14.6. The van der Waals surface area contributed by atoms with Gasteiger partial charge < -0.3 is 10.2 Å². The van der Waals surface area contributed by atoms with E-state index < -0.39 is 0 Å². The van der Waals surface area contributed by atoms with E-state index >= 15 is 0 Å². The van der Waals surface area contributed by atoms with Crippen molar-refractivity contribution in [2.45, 2.75) is 13.0 Å². The highest BCUT2D eigenvalue weighted by atomic mass is 32.1. The van der Waals surface area contributed by atoms with Crippen LogP contribution in [0.15, 0.2) is 17.5 Å². The predicted molar refractivity (Wildman–Crippen MR) is 76.8 cm³/mol. The summed E-state index contributed by atoms with van der Waals surface area (Å²) in [6.45, 7) is 6.58. The van der Waals surface area contributed by atoms with E-state index in [9.17, 15) is 0 Å². The number of likely N-dealkylation sites (N-methyl/N-ethyl adjacent to an activating group) is 2. The van der Waals surface area contributed by atoms with Crippen molar-refractivity contribution in [3.63, 3.8) is 0 Å². The summed E-state index contributed by atoms with van der Waals surface area (Å²) in [5.41, 5.74) is 0. The molecule has 0 aliphatic heterocycles. The summed E-state index contributed by atoms with van der Waals surface area (Å²) in [5.74, 6) is 0. The maximum atomic E-state index is 3.47. The predicted octanol–water partition coefficient (Wildman–Crippen LogP) is 1.89. The van der Waals surface area contributed by atoms with Gasteiger partial charge in [-0.05, 0) is 39.5 Å². The van der Waals surface area contributed by atoms with Crippen LogP contribution in [-0.4, -0.2) is 57.1 Å². The van der Waals surface area contributed by atoms with Crippen LogP contribution < -0.4 is 5.32 Å². The Labute approximate surface area is 109 Å². The van der Waals surface area contributed by atoms with Gasteiger partial charge in [0.25, 0.3) is 0 Å². The van der Waals surface area contributed by atoms with Crippen LogP contribution in [-0.2, 0) is 0 Å². The van der Waals surface area contributed by atoms with Crippen molar-refractivity contribution in [1.29, 1.82) is 0 Å². The summed E-state index contributed by atoms with van der Waals surface area (Å²) in [6.07, 6.45) is 0. The van der Waals surface area contributed by atoms with Gasteiger partial charge in [-0.15, -0.1) is 11.3 Å². The molecule has 0 radical (unpaired) electrons. The van der Waals surface area contributed by atoms with Crippen LogP contribution in [0, 0.1) is 0 Å². The fraction of sp³-hybridized carbons (Fsp3) is 0.692. The van der Waals surface area contributed by atoms with Gasteiger partial charge in [-0.3, -0.25) is 4.90 Å². The maximum Gasteiger partial charge on any atom is 0.0410 e. The molecule has 0 saturated carbocycles. The van der Waals surface area contributed by atoms with Crippen molar-refractivity contribution < 1.29 is 0 Å². The molecule has 0 bridgehead atoms. The Morgan fingerprint density at radius 3 is 2.53 bits per heavy atom. The third kappa shape index (κ3) is 5.64. The minimum absolute atomic E-state index is 0.519. The van der Waals surface area contributed by atoms with Crippen molar-refractivity contribution >= 4 is 11.3 Å². The van der Waals surface area contributed by atoms with E-state index in [0.29, 0.717) is 6.04 Å². The van der Waals surface area contributed by atoms with Gasteiger partial charge in [0.15, 0.2) is 0 Å². The first-order valence-electron chi connectivity index (χ1n) is 6.20. The Morgan fingerprint density at radius 1 is 1.24 bits per heavy atom. The van der Waals surface area contributed by atoms with E-state index in [1.54, 1.807) is 0 Å². The van der Waals surface area contributed by atoms with E-state index in [-0.39, 0.29) is 0 Å². The van der Waals surface area contributed by atoms with Crippen molar-refractivity contribution in [1.82, 2.24) is 15.1 Å². The fourth-order valence-electron chi connectivity index (χ4n) is 1.62. The van der Waals surface area contributed by atoms with E-state index in [1.807, 2.05) is 11.3 Å². The molecular weight excluding hydrogens is 230 g/mol. The van der Waals surface area contributed by atoms with Gasteiger partial charge in [0.05, 0.1) is 0 Å². The summed E-state index contributed by atoms with van der Waals surface area (Å²) in [4.78, 5) is 6.04. The molecule has 1 aromatic rings. The SMILES string of the molecule is CC(c1cccs1)N(C)CCNCCN(C)C. The molecular formula is C13H25N3S. The van der Waals surface area contributed by atoms with Crippen molar-refractivity contribution in [2.24, 2.45) is 0 Å². The molecule has 0 spiro atoms. The smallest absolute Gasteiger partial charge is 0.0410 e. The number of nitrogens with one attached hydrogen (secondary N) is 1. The molecule has 1 unspecified atom stereocenters. The van der Waals surface area contributed by atoms with Gasteiger partial charge in [-0.25, -0.2) is 0 Å². The molecule has 1 N–H and O–H groups in total. The van der Waals surface area contributed by atoms with Crippen LogP contribution in [0.4, 0.5) is 0 Å². The summed E-state index contributed by atoms with van der Waals surface area (Å²) >= 11 is 1.84.